The number of halogens is 1. The van der Waals surface area contributed by atoms with Gasteiger partial charge in [0.2, 0.25) is 0 Å². The molecule has 1 atom stereocenters. The van der Waals surface area contributed by atoms with Crippen molar-refractivity contribution in [1.82, 2.24) is 0 Å². The first kappa shape index (κ1) is 13.8. The van der Waals surface area contributed by atoms with Crippen molar-refractivity contribution < 1.29 is 9.90 Å². The Hall–Kier alpha value is -1.65. The van der Waals surface area contributed by atoms with E-state index in [1.54, 1.807) is 30.3 Å². The SMILES string of the molecule is Cc1ccc(NC(=O)C(O)c2ccccc2Br)cc1. The van der Waals surface area contributed by atoms with Crippen LogP contribution in [0.3, 0.4) is 0 Å². The number of aryl methyl sites for hydroxylation is 1. The molecule has 2 aromatic carbocycles. The van der Waals surface area contributed by atoms with Crippen LogP contribution in [0.5, 0.6) is 0 Å². The van der Waals surface area contributed by atoms with Gasteiger partial charge in [-0.15, -0.1) is 0 Å². The first-order chi connectivity index (χ1) is 9.08. The van der Waals surface area contributed by atoms with Crippen molar-refractivity contribution in [3.8, 4) is 0 Å². The lowest BCUT2D eigenvalue weighted by Gasteiger charge is -2.13. The van der Waals surface area contributed by atoms with Gasteiger partial charge in [-0.05, 0) is 25.1 Å². The van der Waals surface area contributed by atoms with Crippen molar-refractivity contribution in [2.45, 2.75) is 13.0 Å². The van der Waals surface area contributed by atoms with E-state index in [0.717, 1.165) is 5.56 Å². The summed E-state index contributed by atoms with van der Waals surface area (Å²) >= 11 is 3.32. The molecule has 0 bridgehead atoms. The molecule has 1 unspecified atom stereocenters. The van der Waals surface area contributed by atoms with Gasteiger partial charge in [-0.25, -0.2) is 0 Å². The Morgan fingerprint density at radius 2 is 1.79 bits per heavy atom. The van der Waals surface area contributed by atoms with E-state index in [4.69, 9.17) is 0 Å². The number of carbonyl (C=O) groups is 1. The molecular formula is C15H14BrNO2. The molecule has 98 valence electrons. The highest BCUT2D eigenvalue weighted by molar-refractivity contribution is 9.10. The summed E-state index contributed by atoms with van der Waals surface area (Å²) in [5.74, 6) is -0.448. The molecule has 2 aromatic rings. The predicted octanol–water partition coefficient (Wildman–Crippen LogP) is 3.43. The molecule has 3 nitrogen and oxygen atoms in total. The average Bonchev–Trinajstić information content (AvgIpc) is 2.41. The van der Waals surface area contributed by atoms with Gasteiger partial charge in [0.1, 0.15) is 0 Å². The second-order valence-electron chi connectivity index (χ2n) is 4.28. The second kappa shape index (κ2) is 5.99. The third-order valence-electron chi connectivity index (χ3n) is 2.77. The standard InChI is InChI=1S/C15H14BrNO2/c1-10-6-8-11(9-7-10)17-15(19)14(18)12-4-2-3-5-13(12)16/h2-9,14,18H,1H3,(H,17,19). The van der Waals surface area contributed by atoms with Crippen molar-refractivity contribution in [2.24, 2.45) is 0 Å². The number of aliphatic hydroxyl groups is 1. The predicted molar refractivity (Wildman–Crippen MR) is 78.9 cm³/mol. The quantitative estimate of drug-likeness (QED) is 0.910. The zero-order valence-corrected chi connectivity index (χ0v) is 12.0. The van der Waals surface area contributed by atoms with Gasteiger partial charge in [-0.1, -0.05) is 51.8 Å². The molecule has 19 heavy (non-hydrogen) atoms. The Bertz CT molecular complexity index is 581. The van der Waals surface area contributed by atoms with Gasteiger partial charge in [0, 0.05) is 15.7 Å². The van der Waals surface area contributed by atoms with Gasteiger partial charge in [-0.3, -0.25) is 4.79 Å². The number of nitrogens with one attached hydrogen (secondary N) is 1. The molecule has 0 aliphatic heterocycles. The third-order valence-corrected chi connectivity index (χ3v) is 3.49. The van der Waals surface area contributed by atoms with E-state index in [1.165, 1.54) is 0 Å². The minimum absolute atomic E-state index is 0.448. The molecule has 0 heterocycles. The Balaban J connectivity index is 2.12. The van der Waals surface area contributed by atoms with Gasteiger partial charge in [0.05, 0.1) is 0 Å². The molecule has 0 radical (unpaired) electrons. The molecule has 0 aromatic heterocycles. The van der Waals surface area contributed by atoms with Crippen LogP contribution in [0.1, 0.15) is 17.2 Å². The number of hydrogen-bond donors (Lipinski definition) is 2. The first-order valence-corrected chi connectivity index (χ1v) is 6.67. The largest absolute Gasteiger partial charge is 0.378 e. The van der Waals surface area contributed by atoms with Crippen LogP contribution in [0.15, 0.2) is 53.0 Å². The maximum Gasteiger partial charge on any atom is 0.257 e. The number of hydrogen-bond acceptors (Lipinski definition) is 2. The molecular weight excluding hydrogens is 306 g/mol. The summed E-state index contributed by atoms with van der Waals surface area (Å²) in [7, 11) is 0. The number of amides is 1. The van der Waals surface area contributed by atoms with Crippen LogP contribution in [-0.4, -0.2) is 11.0 Å². The van der Waals surface area contributed by atoms with Crippen molar-refractivity contribution >= 4 is 27.5 Å². The maximum absolute atomic E-state index is 12.0. The second-order valence-corrected chi connectivity index (χ2v) is 5.13. The summed E-state index contributed by atoms with van der Waals surface area (Å²) in [5, 5.41) is 12.7. The van der Waals surface area contributed by atoms with Crippen molar-refractivity contribution in [2.75, 3.05) is 5.32 Å². The molecule has 0 aliphatic rings. The number of carbonyl (C=O) groups excluding carboxylic acids is 1. The Labute approximate surface area is 120 Å². The van der Waals surface area contributed by atoms with E-state index >= 15 is 0 Å². The summed E-state index contributed by atoms with van der Waals surface area (Å²) in [5.41, 5.74) is 2.33. The van der Waals surface area contributed by atoms with Crippen molar-refractivity contribution in [1.29, 1.82) is 0 Å². The Kier molecular flexibility index (Phi) is 4.35. The van der Waals surface area contributed by atoms with E-state index in [9.17, 15) is 9.90 Å². The summed E-state index contributed by atoms with van der Waals surface area (Å²) in [6, 6.07) is 14.5. The first-order valence-electron chi connectivity index (χ1n) is 5.88. The summed E-state index contributed by atoms with van der Waals surface area (Å²) < 4.78 is 0.710. The normalized spacial score (nSPS) is 11.9. The monoisotopic (exact) mass is 319 g/mol. The zero-order valence-electron chi connectivity index (χ0n) is 10.4. The molecule has 0 saturated carbocycles. The third kappa shape index (κ3) is 3.43. The van der Waals surface area contributed by atoms with Crippen LogP contribution >= 0.6 is 15.9 Å². The lowest BCUT2D eigenvalue weighted by molar-refractivity contribution is -0.124. The van der Waals surface area contributed by atoms with Gasteiger partial charge in [-0.2, -0.15) is 0 Å². The summed E-state index contributed by atoms with van der Waals surface area (Å²) in [4.78, 5) is 12.0. The van der Waals surface area contributed by atoms with Gasteiger partial charge < -0.3 is 10.4 Å². The average molecular weight is 320 g/mol. The smallest absolute Gasteiger partial charge is 0.257 e. The van der Waals surface area contributed by atoms with Gasteiger partial charge in [0.15, 0.2) is 6.10 Å². The molecule has 0 aliphatic carbocycles. The highest BCUT2D eigenvalue weighted by Gasteiger charge is 2.19. The number of benzene rings is 2. The number of aliphatic hydroxyl groups excluding tert-OH is 1. The van der Waals surface area contributed by atoms with Gasteiger partial charge in [0.25, 0.3) is 5.91 Å². The highest BCUT2D eigenvalue weighted by atomic mass is 79.9. The Morgan fingerprint density at radius 1 is 1.16 bits per heavy atom. The number of anilines is 1. The van der Waals surface area contributed by atoms with Crippen LogP contribution < -0.4 is 5.32 Å². The number of rotatable bonds is 3. The lowest BCUT2D eigenvalue weighted by Crippen LogP contribution is -2.21. The lowest BCUT2D eigenvalue weighted by atomic mass is 10.1. The van der Waals surface area contributed by atoms with Crippen LogP contribution in [0.25, 0.3) is 0 Å². The minimum atomic E-state index is -1.20. The van der Waals surface area contributed by atoms with E-state index in [-0.39, 0.29) is 0 Å². The van der Waals surface area contributed by atoms with Gasteiger partial charge >= 0.3 is 0 Å². The molecule has 2 rings (SSSR count). The van der Waals surface area contributed by atoms with E-state index in [0.29, 0.717) is 15.7 Å². The summed E-state index contributed by atoms with van der Waals surface area (Å²) in [6.45, 7) is 1.97. The topological polar surface area (TPSA) is 49.3 Å². The van der Waals surface area contributed by atoms with E-state index in [2.05, 4.69) is 21.2 Å². The van der Waals surface area contributed by atoms with E-state index in [1.807, 2.05) is 25.1 Å². The summed E-state index contributed by atoms with van der Waals surface area (Å²) in [6.07, 6.45) is -1.20. The minimum Gasteiger partial charge on any atom is -0.378 e. The fourth-order valence-corrected chi connectivity index (χ4v) is 2.19. The van der Waals surface area contributed by atoms with Crippen LogP contribution in [-0.2, 0) is 4.79 Å². The molecule has 4 heteroatoms. The van der Waals surface area contributed by atoms with Crippen molar-refractivity contribution in [3.63, 3.8) is 0 Å². The fourth-order valence-electron chi connectivity index (χ4n) is 1.69. The van der Waals surface area contributed by atoms with E-state index < -0.39 is 12.0 Å². The Morgan fingerprint density at radius 3 is 2.42 bits per heavy atom. The zero-order chi connectivity index (χ0) is 13.8. The molecule has 1 amide bonds. The van der Waals surface area contributed by atoms with Crippen LogP contribution in [0.4, 0.5) is 5.69 Å². The fraction of sp³-hybridized carbons (Fsp3) is 0.133. The highest BCUT2D eigenvalue weighted by Crippen LogP contribution is 2.24. The van der Waals surface area contributed by atoms with Crippen LogP contribution in [0.2, 0.25) is 0 Å². The van der Waals surface area contributed by atoms with Crippen molar-refractivity contribution in [3.05, 3.63) is 64.1 Å². The maximum atomic E-state index is 12.0. The molecule has 0 spiro atoms. The molecule has 2 N–H and O–H groups in total. The molecule has 0 saturated heterocycles. The van der Waals surface area contributed by atoms with Crippen LogP contribution in [0, 0.1) is 6.92 Å². The molecule has 0 fully saturated rings.